The van der Waals surface area contributed by atoms with Gasteiger partial charge in [0.25, 0.3) is 5.91 Å². The van der Waals surface area contributed by atoms with E-state index in [1.165, 1.54) is 6.20 Å². The Morgan fingerprint density at radius 2 is 2.16 bits per heavy atom. The average molecular weight is 442 g/mol. The number of ether oxygens (including phenoxy) is 1. The molecule has 3 aliphatic rings. The second-order valence-corrected chi connectivity index (χ2v) is 9.00. The number of pyridine rings is 2. The SMILES string of the molecule is Cc1ncc(F)c2c1CC(CNCCC1CC(O)N(c3ccc4c(n3)NC(=O)CO4)C1)C2. The minimum atomic E-state index is -0.603. The zero-order valence-electron chi connectivity index (χ0n) is 18.1. The molecule has 0 bridgehead atoms. The number of halogens is 1. The molecule has 1 fully saturated rings. The summed E-state index contributed by atoms with van der Waals surface area (Å²) in [7, 11) is 0. The molecule has 0 aromatic carbocycles. The van der Waals surface area contributed by atoms with Crippen LogP contribution in [0.2, 0.25) is 0 Å². The Hall–Kier alpha value is -2.78. The van der Waals surface area contributed by atoms with Gasteiger partial charge >= 0.3 is 0 Å². The van der Waals surface area contributed by atoms with Crippen molar-refractivity contribution in [2.45, 2.75) is 38.8 Å². The average Bonchev–Trinajstić information content (AvgIpc) is 3.38. The monoisotopic (exact) mass is 441 g/mol. The van der Waals surface area contributed by atoms with Crippen LogP contribution in [-0.2, 0) is 17.6 Å². The van der Waals surface area contributed by atoms with Gasteiger partial charge in [0.2, 0.25) is 0 Å². The molecule has 0 spiro atoms. The number of carbonyl (C=O) groups is 1. The fourth-order valence-corrected chi connectivity index (χ4v) is 5.04. The van der Waals surface area contributed by atoms with E-state index in [1.807, 2.05) is 17.9 Å². The van der Waals surface area contributed by atoms with Crippen molar-refractivity contribution in [2.24, 2.45) is 11.8 Å². The van der Waals surface area contributed by atoms with E-state index in [2.05, 4.69) is 20.6 Å². The standard InChI is InChI=1S/C23H28FN5O3/c1-13-16-6-15(7-17(16)18(24)10-26-13)9-25-5-4-14-8-22(31)29(11-14)20-3-2-19-23(27-20)28-21(30)12-32-19/h2-3,10,14-15,22,25,31H,4-9,11-12H2,1H3,(H,27,28,30). The first-order chi connectivity index (χ1) is 15.5. The van der Waals surface area contributed by atoms with Crippen LogP contribution in [0.1, 0.15) is 29.7 Å². The van der Waals surface area contributed by atoms with Crippen molar-refractivity contribution in [3.05, 3.63) is 41.0 Å². The summed E-state index contributed by atoms with van der Waals surface area (Å²) in [6.45, 7) is 4.34. The van der Waals surface area contributed by atoms with Gasteiger partial charge in [-0.05, 0) is 80.8 Å². The zero-order valence-corrected chi connectivity index (χ0v) is 18.1. The quantitative estimate of drug-likeness (QED) is 0.588. The topological polar surface area (TPSA) is 99.6 Å². The minimum absolute atomic E-state index is 0.00613. The van der Waals surface area contributed by atoms with Gasteiger partial charge < -0.3 is 25.4 Å². The van der Waals surface area contributed by atoms with Crippen molar-refractivity contribution in [3.63, 3.8) is 0 Å². The number of aliphatic hydroxyl groups is 1. The van der Waals surface area contributed by atoms with Crippen LogP contribution in [0.5, 0.6) is 5.75 Å². The lowest BCUT2D eigenvalue weighted by Gasteiger charge is -2.24. The Morgan fingerprint density at radius 1 is 1.31 bits per heavy atom. The molecular formula is C23H28FN5O3. The highest BCUT2D eigenvalue weighted by Crippen LogP contribution is 2.33. The summed E-state index contributed by atoms with van der Waals surface area (Å²) < 4.78 is 19.4. The van der Waals surface area contributed by atoms with Crippen LogP contribution in [0, 0.1) is 24.6 Å². The molecule has 2 aromatic rings. The molecule has 4 heterocycles. The number of nitrogens with zero attached hydrogens (tertiary/aromatic N) is 3. The number of aromatic nitrogens is 2. The van der Waals surface area contributed by atoms with Gasteiger partial charge in [-0.3, -0.25) is 9.78 Å². The van der Waals surface area contributed by atoms with Crippen LogP contribution in [0.3, 0.4) is 0 Å². The Balaban J connectivity index is 1.10. The molecule has 3 atom stereocenters. The van der Waals surface area contributed by atoms with E-state index in [0.29, 0.717) is 42.2 Å². The van der Waals surface area contributed by atoms with Gasteiger partial charge in [-0.25, -0.2) is 9.37 Å². The molecule has 5 rings (SSSR count). The highest BCUT2D eigenvalue weighted by molar-refractivity contribution is 5.94. The lowest BCUT2D eigenvalue weighted by atomic mass is 10.0. The Kier molecular flexibility index (Phi) is 5.69. The molecule has 1 aliphatic carbocycles. The summed E-state index contributed by atoms with van der Waals surface area (Å²) >= 11 is 0. The molecule has 3 N–H and O–H groups in total. The molecule has 1 amide bonds. The van der Waals surface area contributed by atoms with Crippen LogP contribution in [-0.4, -0.2) is 53.5 Å². The van der Waals surface area contributed by atoms with E-state index >= 15 is 0 Å². The molecule has 1 saturated heterocycles. The summed E-state index contributed by atoms with van der Waals surface area (Å²) in [5, 5.41) is 16.8. The molecule has 170 valence electrons. The first-order valence-corrected chi connectivity index (χ1v) is 11.2. The van der Waals surface area contributed by atoms with Gasteiger partial charge in [0.1, 0.15) is 17.9 Å². The maximum atomic E-state index is 14.0. The molecule has 2 aromatic heterocycles. The van der Waals surface area contributed by atoms with Crippen molar-refractivity contribution in [1.82, 2.24) is 15.3 Å². The van der Waals surface area contributed by atoms with Crippen molar-refractivity contribution in [3.8, 4) is 5.75 Å². The number of carbonyl (C=O) groups excluding carboxylic acids is 1. The van der Waals surface area contributed by atoms with Crippen LogP contribution >= 0.6 is 0 Å². The van der Waals surface area contributed by atoms with Crippen LogP contribution in [0.25, 0.3) is 0 Å². The van der Waals surface area contributed by atoms with Gasteiger partial charge in [0.15, 0.2) is 18.2 Å². The van der Waals surface area contributed by atoms with E-state index in [1.54, 1.807) is 6.07 Å². The van der Waals surface area contributed by atoms with Gasteiger partial charge in [-0.2, -0.15) is 0 Å². The molecule has 9 heteroatoms. The smallest absolute Gasteiger partial charge is 0.263 e. The fraction of sp³-hybridized carbons (Fsp3) is 0.522. The van der Waals surface area contributed by atoms with Crippen LogP contribution < -0.4 is 20.3 Å². The van der Waals surface area contributed by atoms with E-state index in [4.69, 9.17) is 4.74 Å². The Bertz CT molecular complexity index is 1000. The third-order valence-corrected chi connectivity index (χ3v) is 6.72. The van der Waals surface area contributed by atoms with Crippen LogP contribution in [0.15, 0.2) is 18.3 Å². The maximum absolute atomic E-state index is 14.0. The number of nitrogens with one attached hydrogen (secondary N) is 2. The van der Waals surface area contributed by atoms with Crippen molar-refractivity contribution in [1.29, 1.82) is 0 Å². The predicted molar refractivity (Wildman–Crippen MR) is 117 cm³/mol. The molecule has 0 radical (unpaired) electrons. The molecule has 8 nitrogen and oxygen atoms in total. The zero-order chi connectivity index (χ0) is 22.2. The van der Waals surface area contributed by atoms with E-state index in [-0.39, 0.29) is 18.3 Å². The number of aliphatic hydroxyl groups excluding tert-OH is 1. The largest absolute Gasteiger partial charge is 0.480 e. The van der Waals surface area contributed by atoms with Crippen molar-refractivity contribution in [2.75, 3.05) is 36.5 Å². The summed E-state index contributed by atoms with van der Waals surface area (Å²) in [5.74, 6) is 1.89. The molecule has 0 saturated carbocycles. The Morgan fingerprint density at radius 3 is 3.00 bits per heavy atom. The summed E-state index contributed by atoms with van der Waals surface area (Å²) in [6, 6.07) is 3.59. The summed E-state index contributed by atoms with van der Waals surface area (Å²) in [5.41, 5.74) is 2.84. The highest BCUT2D eigenvalue weighted by Gasteiger charge is 2.32. The molecule has 3 unspecified atom stereocenters. The number of amides is 1. The third kappa shape index (κ3) is 4.14. The molecular weight excluding hydrogens is 413 g/mol. The van der Waals surface area contributed by atoms with Crippen molar-refractivity contribution >= 4 is 17.5 Å². The number of hydrogen-bond donors (Lipinski definition) is 3. The van der Waals surface area contributed by atoms with Crippen LogP contribution in [0.4, 0.5) is 16.0 Å². The number of fused-ring (bicyclic) bond motifs is 2. The molecule has 32 heavy (non-hydrogen) atoms. The lowest BCUT2D eigenvalue weighted by Crippen LogP contribution is -2.31. The maximum Gasteiger partial charge on any atom is 0.263 e. The van der Waals surface area contributed by atoms with E-state index in [0.717, 1.165) is 49.2 Å². The number of rotatable bonds is 6. The molecule has 2 aliphatic heterocycles. The van der Waals surface area contributed by atoms with Gasteiger partial charge in [-0.15, -0.1) is 0 Å². The Labute approximate surface area is 186 Å². The summed E-state index contributed by atoms with van der Waals surface area (Å²) in [6.07, 6.45) is 3.98. The second kappa shape index (κ2) is 8.63. The number of anilines is 2. The highest BCUT2D eigenvalue weighted by atomic mass is 19.1. The fourth-order valence-electron chi connectivity index (χ4n) is 5.04. The number of hydrogen-bond acceptors (Lipinski definition) is 7. The normalized spacial score (nSPS) is 24.2. The first kappa shape index (κ1) is 21.1. The van der Waals surface area contributed by atoms with E-state index in [9.17, 15) is 14.3 Å². The van der Waals surface area contributed by atoms with Gasteiger partial charge in [-0.1, -0.05) is 0 Å². The minimum Gasteiger partial charge on any atom is -0.480 e. The van der Waals surface area contributed by atoms with Gasteiger partial charge in [0, 0.05) is 12.2 Å². The number of aryl methyl sites for hydroxylation is 1. The summed E-state index contributed by atoms with van der Waals surface area (Å²) in [4.78, 5) is 22.0. The van der Waals surface area contributed by atoms with E-state index < -0.39 is 6.23 Å². The first-order valence-electron chi connectivity index (χ1n) is 11.2. The van der Waals surface area contributed by atoms with Crippen molar-refractivity contribution < 1.29 is 19.0 Å². The third-order valence-electron chi connectivity index (χ3n) is 6.72. The second-order valence-electron chi connectivity index (χ2n) is 9.00. The lowest BCUT2D eigenvalue weighted by molar-refractivity contribution is -0.118. The predicted octanol–water partition coefficient (Wildman–Crippen LogP) is 1.79. The van der Waals surface area contributed by atoms with Gasteiger partial charge in [0.05, 0.1) is 6.20 Å².